The number of nitrogens with zero attached hydrogens (tertiary/aromatic N) is 1. The molecule has 1 saturated carbocycles. The molecule has 1 heterocycles. The van der Waals surface area contributed by atoms with Crippen LogP contribution in [-0.4, -0.2) is 70.5 Å². The minimum Gasteiger partial charge on any atom is -0.492 e. The summed E-state index contributed by atoms with van der Waals surface area (Å²) in [4.78, 5) is 17.4. The minimum atomic E-state index is -3.33. The molecule has 1 aromatic heterocycles. The van der Waals surface area contributed by atoms with E-state index in [-0.39, 0.29) is 37.3 Å². The molecule has 1 amide bonds. The summed E-state index contributed by atoms with van der Waals surface area (Å²) in [6.45, 7) is 4.28. The molecule has 14 heteroatoms. The molecule has 1 aliphatic carbocycles. The van der Waals surface area contributed by atoms with E-state index < -0.39 is 28.9 Å². The number of thiazole rings is 1. The Kier molecular flexibility index (Phi) is 10.1. The van der Waals surface area contributed by atoms with Crippen LogP contribution < -0.4 is 14.8 Å². The van der Waals surface area contributed by atoms with E-state index in [1.807, 2.05) is 0 Å². The lowest BCUT2D eigenvalue weighted by molar-refractivity contribution is 0.0636. The molecule has 0 atom stereocenters. The van der Waals surface area contributed by atoms with Gasteiger partial charge >= 0.3 is 7.60 Å². The van der Waals surface area contributed by atoms with Crippen molar-refractivity contribution in [3.05, 3.63) is 34.8 Å². The van der Waals surface area contributed by atoms with E-state index in [1.165, 1.54) is 17.4 Å². The first-order valence-electron chi connectivity index (χ1n) is 11.8. The Hall–Kier alpha value is -2.02. The number of aromatic nitrogens is 1. The van der Waals surface area contributed by atoms with Crippen LogP contribution in [0.5, 0.6) is 11.5 Å². The van der Waals surface area contributed by atoms with Crippen molar-refractivity contribution in [3.8, 4) is 11.5 Å². The smallest absolute Gasteiger partial charge is 0.336 e. The number of benzene rings is 1. The molecule has 1 fully saturated rings. The van der Waals surface area contributed by atoms with Gasteiger partial charge in [-0.3, -0.25) is 14.7 Å². The van der Waals surface area contributed by atoms with Gasteiger partial charge in [0, 0.05) is 30.4 Å². The number of anilines is 1. The van der Waals surface area contributed by atoms with Crippen LogP contribution in [0.15, 0.2) is 23.6 Å². The first kappa shape index (κ1) is 29.5. The molecule has 37 heavy (non-hydrogen) atoms. The SMILES string of the molecule is CCOP(=O)(Cc1csc(NC(=O)c2cc(OCCS(C)(=O)=O)cc(OC3(COC)CC3)c2)n1)OCC. The van der Waals surface area contributed by atoms with Crippen molar-refractivity contribution in [1.29, 1.82) is 0 Å². The minimum absolute atomic E-state index is 0.00964. The van der Waals surface area contributed by atoms with Crippen LogP contribution in [0.1, 0.15) is 42.7 Å². The number of carbonyl (C=O) groups is 1. The Balaban J connectivity index is 1.76. The van der Waals surface area contributed by atoms with Crippen LogP contribution in [0.3, 0.4) is 0 Å². The maximum atomic E-state index is 13.1. The fourth-order valence-corrected chi connectivity index (χ4v) is 6.23. The van der Waals surface area contributed by atoms with Crippen LogP contribution in [0.4, 0.5) is 5.13 Å². The van der Waals surface area contributed by atoms with Gasteiger partial charge in [0.25, 0.3) is 5.91 Å². The van der Waals surface area contributed by atoms with E-state index in [0.29, 0.717) is 28.9 Å². The van der Waals surface area contributed by atoms with Crippen molar-refractivity contribution in [1.82, 2.24) is 4.98 Å². The lowest BCUT2D eigenvalue weighted by Crippen LogP contribution is -2.24. The maximum Gasteiger partial charge on any atom is 0.336 e. The summed E-state index contributed by atoms with van der Waals surface area (Å²) in [7, 11) is -4.95. The topological polar surface area (TPSA) is 139 Å². The fourth-order valence-electron chi connectivity index (χ4n) is 3.41. The molecular weight excluding hydrogens is 543 g/mol. The zero-order valence-electron chi connectivity index (χ0n) is 21.4. The molecule has 1 aromatic carbocycles. The molecule has 0 radical (unpaired) electrons. The van der Waals surface area contributed by atoms with Crippen LogP contribution in [-0.2, 0) is 34.3 Å². The normalized spacial score (nSPS) is 14.8. The Bertz CT molecular complexity index is 1220. The average Bonchev–Trinajstić information content (AvgIpc) is 3.41. The molecule has 2 aromatic rings. The van der Waals surface area contributed by atoms with E-state index in [9.17, 15) is 17.8 Å². The highest BCUT2D eigenvalue weighted by molar-refractivity contribution is 7.90. The second kappa shape index (κ2) is 12.7. The Labute approximate surface area is 221 Å². The Morgan fingerprint density at radius 1 is 1.16 bits per heavy atom. The second-order valence-electron chi connectivity index (χ2n) is 8.59. The number of methoxy groups -OCH3 is 1. The fraction of sp³-hybridized carbons (Fsp3) is 0.565. The zero-order valence-corrected chi connectivity index (χ0v) is 23.9. The molecular formula is C23H33N2O9PS2. The van der Waals surface area contributed by atoms with Crippen LogP contribution in [0, 0.1) is 0 Å². The molecule has 0 spiro atoms. The van der Waals surface area contributed by atoms with Crippen molar-refractivity contribution in [2.45, 2.75) is 38.5 Å². The standard InChI is InChI=1S/C23H33N2O9PS2/c1-5-32-35(27,33-6-2)14-18-15-36-22(24-18)25-21(26)17-11-19(31-9-10-37(4,28)29)13-20(12-17)34-23(7-8-23)16-30-3/h11-13,15H,5-10,14,16H2,1-4H3,(H,24,25,26). The summed E-state index contributed by atoms with van der Waals surface area (Å²) >= 11 is 1.18. The number of hydrogen-bond donors (Lipinski definition) is 1. The van der Waals surface area contributed by atoms with Crippen LogP contribution in [0.25, 0.3) is 0 Å². The van der Waals surface area contributed by atoms with Gasteiger partial charge < -0.3 is 23.3 Å². The molecule has 1 N–H and O–H groups in total. The third-order valence-electron chi connectivity index (χ3n) is 5.19. The van der Waals surface area contributed by atoms with Crippen molar-refractivity contribution in [2.75, 3.05) is 50.9 Å². The third-order valence-corrected chi connectivity index (χ3v) is 8.92. The third kappa shape index (κ3) is 9.35. The Morgan fingerprint density at radius 2 is 1.84 bits per heavy atom. The van der Waals surface area contributed by atoms with E-state index in [4.69, 9.17) is 23.3 Å². The number of nitrogens with one attached hydrogen (secondary N) is 1. The molecule has 0 aliphatic heterocycles. The largest absolute Gasteiger partial charge is 0.492 e. The first-order chi connectivity index (χ1) is 17.5. The summed E-state index contributed by atoms with van der Waals surface area (Å²) < 4.78 is 63.3. The lowest BCUT2D eigenvalue weighted by atomic mass is 10.2. The molecule has 3 rings (SSSR count). The highest BCUT2D eigenvalue weighted by atomic mass is 32.2. The first-order valence-corrected chi connectivity index (χ1v) is 16.4. The van der Waals surface area contributed by atoms with Gasteiger partial charge in [0.15, 0.2) is 15.0 Å². The predicted molar refractivity (Wildman–Crippen MR) is 141 cm³/mol. The molecule has 11 nitrogen and oxygen atoms in total. The highest BCUT2D eigenvalue weighted by Crippen LogP contribution is 2.51. The van der Waals surface area contributed by atoms with Gasteiger partial charge in [-0.05, 0) is 38.8 Å². The van der Waals surface area contributed by atoms with E-state index in [0.717, 1.165) is 19.1 Å². The molecule has 206 valence electrons. The van der Waals surface area contributed by atoms with Gasteiger partial charge in [-0.15, -0.1) is 11.3 Å². The van der Waals surface area contributed by atoms with Crippen LogP contribution in [0.2, 0.25) is 0 Å². The monoisotopic (exact) mass is 576 g/mol. The summed E-state index contributed by atoms with van der Waals surface area (Å²) in [6, 6.07) is 4.71. The van der Waals surface area contributed by atoms with Gasteiger partial charge in [-0.25, -0.2) is 13.4 Å². The Morgan fingerprint density at radius 3 is 2.43 bits per heavy atom. The molecule has 1 aliphatic rings. The molecule has 0 unspecified atom stereocenters. The zero-order chi connectivity index (χ0) is 27.1. The van der Waals surface area contributed by atoms with Gasteiger partial charge in [-0.2, -0.15) is 0 Å². The quantitative estimate of drug-likeness (QED) is 0.290. The summed E-state index contributed by atoms with van der Waals surface area (Å²) in [5, 5.41) is 4.72. The number of hydrogen-bond acceptors (Lipinski definition) is 11. The van der Waals surface area contributed by atoms with Gasteiger partial charge in [-0.1, -0.05) is 0 Å². The van der Waals surface area contributed by atoms with Crippen molar-refractivity contribution in [2.24, 2.45) is 0 Å². The van der Waals surface area contributed by atoms with Gasteiger partial charge in [0.05, 0.1) is 37.4 Å². The summed E-state index contributed by atoms with van der Waals surface area (Å²) in [6.07, 6.45) is 2.75. The average molecular weight is 577 g/mol. The van der Waals surface area contributed by atoms with Gasteiger partial charge in [0.1, 0.15) is 23.7 Å². The van der Waals surface area contributed by atoms with Crippen molar-refractivity contribution in [3.63, 3.8) is 0 Å². The van der Waals surface area contributed by atoms with Crippen LogP contribution >= 0.6 is 18.9 Å². The molecule has 0 saturated heterocycles. The summed E-state index contributed by atoms with van der Waals surface area (Å²) in [5.41, 5.74) is 0.265. The van der Waals surface area contributed by atoms with E-state index in [1.54, 1.807) is 38.5 Å². The second-order valence-corrected chi connectivity index (χ2v) is 13.8. The number of amides is 1. The van der Waals surface area contributed by atoms with E-state index >= 15 is 0 Å². The molecule has 0 bridgehead atoms. The van der Waals surface area contributed by atoms with Crippen molar-refractivity contribution >= 4 is 39.8 Å². The summed E-state index contributed by atoms with van der Waals surface area (Å²) in [5.74, 6) is 0.0794. The number of carbonyl (C=O) groups excluding carboxylic acids is 1. The van der Waals surface area contributed by atoms with E-state index in [2.05, 4.69) is 10.3 Å². The predicted octanol–water partition coefficient (Wildman–Crippen LogP) is 4.14. The van der Waals surface area contributed by atoms with Crippen molar-refractivity contribution < 1.29 is 41.0 Å². The highest BCUT2D eigenvalue weighted by Gasteiger charge is 2.45. The lowest BCUT2D eigenvalue weighted by Gasteiger charge is -2.18. The number of sulfone groups is 1. The van der Waals surface area contributed by atoms with Gasteiger partial charge in [0.2, 0.25) is 0 Å². The maximum absolute atomic E-state index is 13.1. The number of rotatable bonds is 16. The number of ether oxygens (including phenoxy) is 3.